The Morgan fingerprint density at radius 2 is 2.50 bits per heavy atom. The Kier molecular flexibility index (Phi) is 2.62. The monoisotopic (exact) mass is 210 g/mol. The Balaban J connectivity index is 2.03. The summed E-state index contributed by atoms with van der Waals surface area (Å²) in [7, 11) is 0. The van der Waals surface area contributed by atoms with E-state index in [9.17, 15) is 0 Å². The second-order valence-corrected chi connectivity index (χ2v) is 5.91. The standard InChI is InChI=1S/C11H18N2S/c1-8-13-10(7-14-8)6-11(2)4-3-9(12)5-11/h7,9H,3-6,12H2,1-2H3. The second kappa shape index (κ2) is 3.63. The van der Waals surface area contributed by atoms with Crippen molar-refractivity contribution in [2.24, 2.45) is 11.1 Å². The maximum Gasteiger partial charge on any atom is 0.0897 e. The van der Waals surface area contributed by atoms with Gasteiger partial charge in [0.1, 0.15) is 0 Å². The van der Waals surface area contributed by atoms with E-state index in [1.165, 1.54) is 23.5 Å². The van der Waals surface area contributed by atoms with Gasteiger partial charge in [0.2, 0.25) is 0 Å². The quantitative estimate of drug-likeness (QED) is 0.814. The van der Waals surface area contributed by atoms with Crippen LogP contribution in [0.3, 0.4) is 0 Å². The van der Waals surface area contributed by atoms with E-state index in [0.717, 1.165) is 12.8 Å². The van der Waals surface area contributed by atoms with E-state index in [-0.39, 0.29) is 0 Å². The molecule has 0 aromatic carbocycles. The zero-order chi connectivity index (χ0) is 10.2. The Bertz CT molecular complexity index is 321. The van der Waals surface area contributed by atoms with Crippen LogP contribution in [0.25, 0.3) is 0 Å². The minimum Gasteiger partial charge on any atom is -0.328 e. The summed E-state index contributed by atoms with van der Waals surface area (Å²) in [6, 6.07) is 0.416. The predicted octanol–water partition coefficient (Wildman–Crippen LogP) is 2.51. The van der Waals surface area contributed by atoms with Crippen molar-refractivity contribution in [1.82, 2.24) is 4.98 Å². The molecule has 2 N–H and O–H groups in total. The maximum absolute atomic E-state index is 5.95. The molecule has 1 aromatic heterocycles. The van der Waals surface area contributed by atoms with Gasteiger partial charge in [-0.1, -0.05) is 6.92 Å². The molecule has 78 valence electrons. The molecule has 0 aliphatic heterocycles. The fraction of sp³-hybridized carbons (Fsp3) is 0.727. The van der Waals surface area contributed by atoms with Crippen LogP contribution in [0.5, 0.6) is 0 Å². The van der Waals surface area contributed by atoms with Gasteiger partial charge in [-0.2, -0.15) is 0 Å². The average molecular weight is 210 g/mol. The molecule has 3 heteroatoms. The molecule has 0 amide bonds. The summed E-state index contributed by atoms with van der Waals surface area (Å²) in [5.74, 6) is 0. The van der Waals surface area contributed by atoms with E-state index >= 15 is 0 Å². The van der Waals surface area contributed by atoms with Gasteiger partial charge in [0.05, 0.1) is 10.7 Å². The lowest BCUT2D eigenvalue weighted by molar-refractivity contribution is 0.326. The summed E-state index contributed by atoms with van der Waals surface area (Å²) in [6.07, 6.45) is 4.69. The Morgan fingerprint density at radius 1 is 1.71 bits per heavy atom. The summed E-state index contributed by atoms with van der Waals surface area (Å²) in [5.41, 5.74) is 7.61. The highest BCUT2D eigenvalue weighted by molar-refractivity contribution is 7.09. The number of hydrogen-bond acceptors (Lipinski definition) is 3. The van der Waals surface area contributed by atoms with Crippen molar-refractivity contribution >= 4 is 11.3 Å². The molecule has 1 fully saturated rings. The van der Waals surface area contributed by atoms with Crippen LogP contribution >= 0.6 is 11.3 Å². The summed E-state index contributed by atoms with van der Waals surface area (Å²) in [4.78, 5) is 4.52. The molecule has 2 nitrogen and oxygen atoms in total. The SMILES string of the molecule is Cc1nc(CC2(C)CCC(N)C2)cs1. The van der Waals surface area contributed by atoms with Crippen molar-refractivity contribution in [2.45, 2.75) is 45.6 Å². The second-order valence-electron chi connectivity index (χ2n) is 4.85. The lowest BCUT2D eigenvalue weighted by atomic mass is 9.84. The third-order valence-electron chi connectivity index (χ3n) is 3.15. The van der Waals surface area contributed by atoms with Crippen molar-refractivity contribution < 1.29 is 0 Å². The van der Waals surface area contributed by atoms with Crippen LogP contribution < -0.4 is 5.73 Å². The minimum atomic E-state index is 0.403. The molecule has 1 heterocycles. The third-order valence-corrected chi connectivity index (χ3v) is 3.97. The normalized spacial score (nSPS) is 32.4. The molecular weight excluding hydrogens is 192 g/mol. The van der Waals surface area contributed by atoms with E-state index < -0.39 is 0 Å². The topological polar surface area (TPSA) is 38.9 Å². The van der Waals surface area contributed by atoms with Gasteiger partial charge >= 0.3 is 0 Å². The number of aromatic nitrogens is 1. The van der Waals surface area contributed by atoms with E-state index in [2.05, 4.69) is 24.2 Å². The number of hydrogen-bond donors (Lipinski definition) is 1. The molecule has 2 rings (SSSR count). The molecular formula is C11H18N2S. The van der Waals surface area contributed by atoms with Gasteiger partial charge in [0.25, 0.3) is 0 Å². The van der Waals surface area contributed by atoms with Crippen LogP contribution in [-0.4, -0.2) is 11.0 Å². The lowest BCUT2D eigenvalue weighted by Gasteiger charge is -2.22. The fourth-order valence-corrected chi connectivity index (χ4v) is 3.07. The summed E-state index contributed by atoms with van der Waals surface area (Å²) >= 11 is 1.74. The van der Waals surface area contributed by atoms with Crippen LogP contribution in [-0.2, 0) is 6.42 Å². The number of aryl methyl sites for hydroxylation is 1. The molecule has 2 unspecified atom stereocenters. The summed E-state index contributed by atoms with van der Waals surface area (Å²) in [6.45, 7) is 4.41. The van der Waals surface area contributed by atoms with Crippen LogP contribution in [0, 0.1) is 12.3 Å². The molecule has 0 radical (unpaired) electrons. The van der Waals surface area contributed by atoms with Gasteiger partial charge in [-0.15, -0.1) is 11.3 Å². The van der Waals surface area contributed by atoms with Gasteiger partial charge in [-0.3, -0.25) is 0 Å². The van der Waals surface area contributed by atoms with Crippen molar-refractivity contribution in [1.29, 1.82) is 0 Å². The average Bonchev–Trinajstić information content (AvgIpc) is 2.60. The highest BCUT2D eigenvalue weighted by atomic mass is 32.1. The lowest BCUT2D eigenvalue weighted by Crippen LogP contribution is -2.21. The van der Waals surface area contributed by atoms with Gasteiger partial charge in [-0.25, -0.2) is 4.98 Å². The first-order valence-electron chi connectivity index (χ1n) is 5.24. The Hall–Kier alpha value is -0.410. The molecule has 1 aliphatic carbocycles. The highest BCUT2D eigenvalue weighted by Gasteiger charge is 2.33. The number of thiazole rings is 1. The molecule has 0 bridgehead atoms. The van der Waals surface area contributed by atoms with E-state index in [1.54, 1.807) is 11.3 Å². The predicted molar refractivity (Wildman–Crippen MR) is 60.5 cm³/mol. The van der Waals surface area contributed by atoms with Crippen LogP contribution in [0.15, 0.2) is 5.38 Å². The molecule has 1 saturated carbocycles. The Labute approximate surface area is 89.5 Å². The molecule has 0 spiro atoms. The van der Waals surface area contributed by atoms with Crippen LogP contribution in [0.2, 0.25) is 0 Å². The number of rotatable bonds is 2. The van der Waals surface area contributed by atoms with E-state index in [4.69, 9.17) is 5.73 Å². The van der Waals surface area contributed by atoms with E-state index in [1.807, 2.05) is 0 Å². The Morgan fingerprint density at radius 3 is 3.00 bits per heavy atom. The zero-order valence-corrected chi connectivity index (χ0v) is 9.73. The van der Waals surface area contributed by atoms with Gasteiger partial charge < -0.3 is 5.73 Å². The first kappa shape index (κ1) is 10.1. The first-order valence-corrected chi connectivity index (χ1v) is 6.12. The fourth-order valence-electron chi connectivity index (χ4n) is 2.46. The van der Waals surface area contributed by atoms with Gasteiger partial charge in [0, 0.05) is 11.4 Å². The van der Waals surface area contributed by atoms with Crippen molar-refractivity contribution in [3.8, 4) is 0 Å². The highest BCUT2D eigenvalue weighted by Crippen LogP contribution is 2.39. The van der Waals surface area contributed by atoms with Crippen molar-refractivity contribution in [3.63, 3.8) is 0 Å². The minimum absolute atomic E-state index is 0.403. The van der Waals surface area contributed by atoms with Crippen molar-refractivity contribution in [2.75, 3.05) is 0 Å². The molecule has 1 aliphatic rings. The number of nitrogens with zero attached hydrogens (tertiary/aromatic N) is 1. The number of nitrogens with two attached hydrogens (primary N) is 1. The van der Waals surface area contributed by atoms with Gasteiger partial charge in [0.15, 0.2) is 0 Å². The van der Waals surface area contributed by atoms with E-state index in [0.29, 0.717) is 11.5 Å². The molecule has 2 atom stereocenters. The van der Waals surface area contributed by atoms with Crippen LogP contribution in [0.4, 0.5) is 0 Å². The van der Waals surface area contributed by atoms with Crippen LogP contribution in [0.1, 0.15) is 36.9 Å². The largest absolute Gasteiger partial charge is 0.328 e. The third kappa shape index (κ3) is 2.15. The smallest absolute Gasteiger partial charge is 0.0897 e. The summed E-state index contributed by atoms with van der Waals surface area (Å²) < 4.78 is 0. The zero-order valence-electron chi connectivity index (χ0n) is 8.92. The molecule has 14 heavy (non-hydrogen) atoms. The summed E-state index contributed by atoms with van der Waals surface area (Å²) in [5, 5.41) is 3.36. The van der Waals surface area contributed by atoms with Gasteiger partial charge in [-0.05, 0) is 38.0 Å². The molecule has 1 aromatic rings. The first-order chi connectivity index (χ1) is 6.57. The molecule has 0 saturated heterocycles. The maximum atomic E-state index is 5.95. The van der Waals surface area contributed by atoms with Crippen molar-refractivity contribution in [3.05, 3.63) is 16.1 Å².